The number of rotatable bonds is 5. The van der Waals surface area contributed by atoms with Crippen molar-refractivity contribution in [3.05, 3.63) is 83.7 Å². The minimum absolute atomic E-state index is 0.00383. The van der Waals surface area contributed by atoms with Gasteiger partial charge in [-0.25, -0.2) is 8.78 Å². The highest BCUT2D eigenvalue weighted by molar-refractivity contribution is 5.95. The van der Waals surface area contributed by atoms with Crippen LogP contribution in [0.1, 0.15) is 34.7 Å². The average Bonchev–Trinajstić information content (AvgIpc) is 2.84. The minimum atomic E-state index is -0.834. The second-order valence-corrected chi connectivity index (χ2v) is 9.00. The number of carbonyl (C=O) groups excluding carboxylic acids is 2. The highest BCUT2D eigenvalue weighted by atomic mass is 19.1. The van der Waals surface area contributed by atoms with Crippen LogP contribution < -0.4 is 10.2 Å². The van der Waals surface area contributed by atoms with Gasteiger partial charge in [-0.3, -0.25) is 9.59 Å². The van der Waals surface area contributed by atoms with E-state index < -0.39 is 17.5 Å². The number of benzene rings is 2. The summed E-state index contributed by atoms with van der Waals surface area (Å²) in [6.07, 6.45) is 4.83. The summed E-state index contributed by atoms with van der Waals surface area (Å²) >= 11 is 0. The molecule has 2 aromatic carbocycles. The number of nitrogens with zero attached hydrogens (tertiary/aromatic N) is 4. The Bertz CT molecular complexity index is 1210. The second kappa shape index (κ2) is 9.77. The topological polar surface area (TPSA) is 78.4 Å². The Morgan fingerprint density at radius 2 is 1.69 bits per heavy atom. The van der Waals surface area contributed by atoms with E-state index >= 15 is 0 Å². The number of nitrogens with one attached hydrogen (secondary N) is 1. The van der Waals surface area contributed by atoms with E-state index in [4.69, 9.17) is 0 Å². The van der Waals surface area contributed by atoms with Crippen LogP contribution in [0.2, 0.25) is 0 Å². The molecule has 180 valence electrons. The molecule has 0 spiro atoms. The Hall–Kier alpha value is -3.88. The summed E-state index contributed by atoms with van der Waals surface area (Å²) in [6, 6.07) is 12.7. The van der Waals surface area contributed by atoms with Crippen LogP contribution in [0, 0.1) is 17.6 Å². The molecule has 2 amide bonds. The van der Waals surface area contributed by atoms with Crippen molar-refractivity contribution in [2.24, 2.45) is 5.92 Å². The van der Waals surface area contributed by atoms with Crippen LogP contribution in [0.3, 0.4) is 0 Å². The zero-order chi connectivity index (χ0) is 24.4. The number of likely N-dealkylation sites (tertiary alicyclic amines) is 1. The molecule has 1 N–H and O–H groups in total. The van der Waals surface area contributed by atoms with Gasteiger partial charge >= 0.3 is 0 Å². The van der Waals surface area contributed by atoms with Gasteiger partial charge in [-0.1, -0.05) is 12.1 Å². The molecule has 2 fully saturated rings. The highest BCUT2D eigenvalue weighted by Gasteiger charge is 2.33. The fourth-order valence-electron chi connectivity index (χ4n) is 4.66. The summed E-state index contributed by atoms with van der Waals surface area (Å²) in [5.74, 6) is -1.75. The first kappa shape index (κ1) is 22.9. The molecular weight excluding hydrogens is 452 g/mol. The summed E-state index contributed by atoms with van der Waals surface area (Å²) < 4.78 is 27.1. The van der Waals surface area contributed by atoms with E-state index in [-0.39, 0.29) is 23.3 Å². The first-order valence-corrected chi connectivity index (χ1v) is 11.6. The molecule has 1 aromatic heterocycles. The van der Waals surface area contributed by atoms with Crippen molar-refractivity contribution in [1.82, 2.24) is 15.1 Å². The van der Waals surface area contributed by atoms with Crippen molar-refractivity contribution < 1.29 is 18.4 Å². The fourth-order valence-corrected chi connectivity index (χ4v) is 4.66. The van der Waals surface area contributed by atoms with Crippen LogP contribution in [0.15, 0.2) is 60.9 Å². The summed E-state index contributed by atoms with van der Waals surface area (Å²) in [5.41, 5.74) is 2.76. The molecule has 2 saturated heterocycles. The Morgan fingerprint density at radius 3 is 2.34 bits per heavy atom. The lowest BCUT2D eigenvalue weighted by molar-refractivity contribution is -0.120. The zero-order valence-electron chi connectivity index (χ0n) is 19.0. The maximum absolute atomic E-state index is 14.0. The van der Waals surface area contributed by atoms with Gasteiger partial charge in [0.15, 0.2) is 0 Å². The summed E-state index contributed by atoms with van der Waals surface area (Å²) in [4.78, 5) is 28.9. The predicted molar refractivity (Wildman–Crippen MR) is 127 cm³/mol. The van der Waals surface area contributed by atoms with Crippen molar-refractivity contribution in [1.29, 1.82) is 0 Å². The van der Waals surface area contributed by atoms with E-state index in [0.29, 0.717) is 26.2 Å². The Labute approximate surface area is 201 Å². The molecule has 0 aliphatic carbocycles. The predicted octanol–water partition coefficient (Wildman–Crippen LogP) is 3.85. The SMILES string of the molecule is O=C(Nc1ccc(C2CCN(C(=O)c3ccc(F)cc3F)CC2)cc1)C1CN(c2ccnnc2)C1. The molecular formula is C26H25F2N5O2. The molecule has 3 aromatic rings. The summed E-state index contributed by atoms with van der Waals surface area (Å²) in [5, 5.41) is 10.6. The highest BCUT2D eigenvalue weighted by Crippen LogP contribution is 2.30. The van der Waals surface area contributed by atoms with Crippen molar-refractivity contribution >= 4 is 23.2 Å². The lowest BCUT2D eigenvalue weighted by atomic mass is 9.89. The third-order valence-corrected chi connectivity index (χ3v) is 6.78. The van der Waals surface area contributed by atoms with E-state index in [0.717, 1.165) is 41.9 Å². The normalized spacial score (nSPS) is 16.6. The van der Waals surface area contributed by atoms with Crippen molar-refractivity contribution in [3.63, 3.8) is 0 Å². The molecule has 7 nitrogen and oxygen atoms in total. The van der Waals surface area contributed by atoms with Gasteiger partial charge in [0.2, 0.25) is 5.91 Å². The largest absolute Gasteiger partial charge is 0.368 e. The number of piperidine rings is 1. The number of hydrogen-bond donors (Lipinski definition) is 1. The number of anilines is 2. The van der Waals surface area contributed by atoms with Crippen LogP contribution in [0.25, 0.3) is 0 Å². The Balaban J connectivity index is 1.11. The van der Waals surface area contributed by atoms with E-state index in [9.17, 15) is 18.4 Å². The van der Waals surface area contributed by atoms with Gasteiger partial charge in [0, 0.05) is 37.9 Å². The van der Waals surface area contributed by atoms with Crippen molar-refractivity contribution in [3.8, 4) is 0 Å². The van der Waals surface area contributed by atoms with Crippen molar-refractivity contribution in [2.45, 2.75) is 18.8 Å². The molecule has 2 aliphatic heterocycles. The van der Waals surface area contributed by atoms with Crippen molar-refractivity contribution in [2.75, 3.05) is 36.4 Å². The van der Waals surface area contributed by atoms with Gasteiger partial charge in [-0.15, -0.1) is 0 Å². The van der Waals surface area contributed by atoms with Crippen LogP contribution in [-0.2, 0) is 4.79 Å². The van der Waals surface area contributed by atoms with E-state index in [2.05, 4.69) is 20.4 Å². The van der Waals surface area contributed by atoms with Gasteiger partial charge in [0.25, 0.3) is 5.91 Å². The average molecular weight is 478 g/mol. The summed E-state index contributed by atoms with van der Waals surface area (Å²) in [6.45, 7) is 2.30. The van der Waals surface area contributed by atoms with E-state index in [1.807, 2.05) is 30.3 Å². The third kappa shape index (κ3) is 4.99. The number of halogens is 2. The fraction of sp³-hybridized carbons (Fsp3) is 0.308. The van der Waals surface area contributed by atoms with Gasteiger partial charge in [-0.05, 0) is 54.7 Å². The molecule has 0 unspecified atom stereocenters. The van der Waals surface area contributed by atoms with Crippen LogP contribution in [0.4, 0.5) is 20.2 Å². The molecule has 9 heteroatoms. The molecule has 0 radical (unpaired) electrons. The van der Waals surface area contributed by atoms with Gasteiger partial charge in [-0.2, -0.15) is 10.2 Å². The molecule has 0 saturated carbocycles. The number of carbonyl (C=O) groups is 2. The monoisotopic (exact) mass is 477 g/mol. The maximum atomic E-state index is 14.0. The first-order chi connectivity index (χ1) is 17.0. The molecule has 35 heavy (non-hydrogen) atoms. The Morgan fingerprint density at radius 1 is 0.943 bits per heavy atom. The lowest BCUT2D eigenvalue weighted by Gasteiger charge is -2.39. The maximum Gasteiger partial charge on any atom is 0.256 e. The van der Waals surface area contributed by atoms with Crippen LogP contribution in [0.5, 0.6) is 0 Å². The van der Waals surface area contributed by atoms with Crippen LogP contribution >= 0.6 is 0 Å². The molecule has 5 rings (SSSR count). The summed E-state index contributed by atoms with van der Waals surface area (Å²) in [7, 11) is 0. The smallest absolute Gasteiger partial charge is 0.256 e. The van der Waals surface area contributed by atoms with Gasteiger partial charge in [0.05, 0.1) is 29.6 Å². The quantitative estimate of drug-likeness (QED) is 0.604. The second-order valence-electron chi connectivity index (χ2n) is 9.00. The molecule has 2 aliphatic rings. The molecule has 0 atom stereocenters. The van der Waals surface area contributed by atoms with Crippen LogP contribution in [-0.4, -0.2) is 53.1 Å². The molecule has 3 heterocycles. The van der Waals surface area contributed by atoms with E-state index in [1.54, 1.807) is 17.3 Å². The minimum Gasteiger partial charge on any atom is -0.368 e. The zero-order valence-corrected chi connectivity index (χ0v) is 19.0. The third-order valence-electron chi connectivity index (χ3n) is 6.78. The molecule has 0 bridgehead atoms. The lowest BCUT2D eigenvalue weighted by Crippen LogP contribution is -2.52. The standard InChI is InChI=1S/C26H25F2N5O2/c27-20-3-6-23(24(28)13-20)26(35)32-11-8-18(9-12-32)17-1-4-21(5-2-17)31-25(34)19-15-33(16-19)22-7-10-29-30-14-22/h1-7,10,13-14,18-19H,8-9,11-12,15-16H2,(H,31,34). The van der Waals surface area contributed by atoms with E-state index in [1.165, 1.54) is 6.07 Å². The number of hydrogen-bond acceptors (Lipinski definition) is 5. The number of amides is 2. The van der Waals surface area contributed by atoms with Gasteiger partial charge in [0.1, 0.15) is 11.6 Å². The number of aromatic nitrogens is 2. The first-order valence-electron chi connectivity index (χ1n) is 11.6. The van der Waals surface area contributed by atoms with Gasteiger partial charge < -0.3 is 15.1 Å². The Kier molecular flexibility index (Phi) is 6.39.